The van der Waals surface area contributed by atoms with E-state index < -0.39 is 16.7 Å². The molecule has 174 valence electrons. The first-order valence-electron chi connectivity index (χ1n) is 9.87. The Kier molecular flexibility index (Phi) is 8.12. The smallest absolute Gasteiger partial charge is 0.324 e. The minimum atomic E-state index is -0.681. The van der Waals surface area contributed by atoms with E-state index in [1.807, 2.05) is 31.1 Å². The van der Waals surface area contributed by atoms with Crippen molar-refractivity contribution in [3.63, 3.8) is 0 Å². The van der Waals surface area contributed by atoms with Crippen molar-refractivity contribution in [2.75, 3.05) is 19.0 Å². The second-order valence-electron chi connectivity index (χ2n) is 7.11. The zero-order valence-corrected chi connectivity index (χ0v) is 19.8. The number of carbonyl (C=O) groups is 2. The van der Waals surface area contributed by atoms with Gasteiger partial charge in [0, 0.05) is 25.8 Å². The molecule has 9 nitrogen and oxygen atoms in total. The highest BCUT2D eigenvalue weighted by Gasteiger charge is 2.16. The van der Waals surface area contributed by atoms with Gasteiger partial charge in [0.2, 0.25) is 0 Å². The molecule has 0 saturated carbocycles. The number of nitro groups is 1. The van der Waals surface area contributed by atoms with E-state index in [0.717, 1.165) is 17.0 Å². The summed E-state index contributed by atoms with van der Waals surface area (Å²) in [7, 11) is 3.82. The molecule has 0 aliphatic rings. The molecule has 1 aromatic heterocycles. The molecule has 2 aromatic carbocycles. The largest absolute Gasteiger partial charge is 0.378 e. The predicted molar refractivity (Wildman–Crippen MR) is 134 cm³/mol. The summed E-state index contributed by atoms with van der Waals surface area (Å²) >= 11 is 7.02. The molecule has 0 unspecified atom stereocenters. The Balaban J connectivity index is 1.82. The van der Waals surface area contributed by atoms with Crippen LogP contribution in [-0.2, 0) is 4.79 Å². The van der Waals surface area contributed by atoms with Crippen LogP contribution in [0.15, 0.2) is 71.5 Å². The van der Waals surface area contributed by atoms with Gasteiger partial charge < -0.3 is 10.2 Å². The molecule has 11 heteroatoms. The highest BCUT2D eigenvalue weighted by molar-refractivity contribution is 7.16. The number of benzene rings is 2. The SMILES string of the molecule is CN(C)c1ccc(/C=C(/NC(=O)c2ccccc2Cl)C(=O)N/N=C/c2ccc([N+](=O)[O-])s2)cc1. The van der Waals surface area contributed by atoms with E-state index >= 15 is 0 Å². The molecule has 0 radical (unpaired) electrons. The van der Waals surface area contributed by atoms with Gasteiger partial charge in [0.1, 0.15) is 5.70 Å². The summed E-state index contributed by atoms with van der Waals surface area (Å²) in [5, 5.41) is 17.4. The number of hydrogen-bond acceptors (Lipinski definition) is 7. The summed E-state index contributed by atoms with van der Waals surface area (Å²) in [5.41, 5.74) is 4.13. The van der Waals surface area contributed by atoms with Crippen LogP contribution >= 0.6 is 22.9 Å². The highest BCUT2D eigenvalue weighted by Crippen LogP contribution is 2.22. The molecule has 2 N–H and O–H groups in total. The minimum absolute atomic E-state index is 0.0402. The first kappa shape index (κ1) is 24.6. The van der Waals surface area contributed by atoms with Crippen molar-refractivity contribution in [1.82, 2.24) is 10.7 Å². The molecule has 2 amide bonds. The third kappa shape index (κ3) is 6.50. The fourth-order valence-electron chi connectivity index (χ4n) is 2.75. The third-order valence-electron chi connectivity index (χ3n) is 4.48. The molecular weight excluding hydrogens is 478 g/mol. The number of amides is 2. The summed E-state index contributed by atoms with van der Waals surface area (Å²) in [4.78, 5) is 38.3. The van der Waals surface area contributed by atoms with Crippen LogP contribution in [0.5, 0.6) is 0 Å². The number of halogens is 1. The number of nitrogens with one attached hydrogen (secondary N) is 2. The third-order valence-corrected chi connectivity index (χ3v) is 5.78. The lowest BCUT2D eigenvalue weighted by Crippen LogP contribution is -2.33. The zero-order valence-electron chi connectivity index (χ0n) is 18.2. The number of nitrogens with zero attached hydrogens (tertiary/aromatic N) is 3. The van der Waals surface area contributed by atoms with Crippen molar-refractivity contribution in [1.29, 1.82) is 0 Å². The van der Waals surface area contributed by atoms with Gasteiger partial charge in [0.15, 0.2) is 0 Å². The molecule has 3 aromatic rings. The molecule has 0 atom stereocenters. The molecule has 0 fully saturated rings. The highest BCUT2D eigenvalue weighted by atomic mass is 35.5. The maximum atomic E-state index is 12.8. The number of anilines is 1. The summed E-state index contributed by atoms with van der Waals surface area (Å²) < 4.78 is 0. The van der Waals surface area contributed by atoms with Gasteiger partial charge in [-0.05, 0) is 42.0 Å². The molecule has 34 heavy (non-hydrogen) atoms. The van der Waals surface area contributed by atoms with Crippen molar-refractivity contribution in [2.24, 2.45) is 5.10 Å². The van der Waals surface area contributed by atoms with E-state index in [1.54, 1.807) is 36.4 Å². The second-order valence-corrected chi connectivity index (χ2v) is 8.61. The normalized spacial score (nSPS) is 11.3. The van der Waals surface area contributed by atoms with Crippen LogP contribution in [0.3, 0.4) is 0 Å². The van der Waals surface area contributed by atoms with E-state index in [2.05, 4.69) is 15.8 Å². The molecule has 3 rings (SSSR count). The van der Waals surface area contributed by atoms with Crippen molar-refractivity contribution >= 4 is 57.7 Å². The minimum Gasteiger partial charge on any atom is -0.378 e. The van der Waals surface area contributed by atoms with Gasteiger partial charge >= 0.3 is 5.00 Å². The Labute approximate surface area is 204 Å². The molecule has 0 bridgehead atoms. The van der Waals surface area contributed by atoms with E-state index in [9.17, 15) is 19.7 Å². The van der Waals surface area contributed by atoms with E-state index in [4.69, 9.17) is 11.6 Å². The molecule has 0 saturated heterocycles. The van der Waals surface area contributed by atoms with Crippen LogP contribution in [-0.4, -0.2) is 37.0 Å². The number of carbonyl (C=O) groups excluding carboxylic acids is 2. The van der Waals surface area contributed by atoms with E-state index in [-0.39, 0.29) is 21.3 Å². The van der Waals surface area contributed by atoms with Gasteiger partial charge in [0.05, 0.1) is 26.6 Å². The molecule has 0 aliphatic carbocycles. The summed E-state index contributed by atoms with van der Waals surface area (Å²) in [5.74, 6) is -1.24. The summed E-state index contributed by atoms with van der Waals surface area (Å²) in [6, 6.07) is 16.7. The molecule has 0 aliphatic heterocycles. The number of rotatable bonds is 8. The summed E-state index contributed by atoms with van der Waals surface area (Å²) in [6.45, 7) is 0. The van der Waals surface area contributed by atoms with Gasteiger partial charge in [-0.1, -0.05) is 47.2 Å². The number of hydrogen-bond donors (Lipinski definition) is 2. The van der Waals surface area contributed by atoms with Gasteiger partial charge in [-0.3, -0.25) is 19.7 Å². The maximum Gasteiger partial charge on any atom is 0.324 e. The van der Waals surface area contributed by atoms with Crippen LogP contribution < -0.4 is 15.6 Å². The van der Waals surface area contributed by atoms with Gasteiger partial charge in [-0.25, -0.2) is 5.43 Å². The number of hydrazone groups is 1. The lowest BCUT2D eigenvalue weighted by Gasteiger charge is -2.13. The Morgan fingerprint density at radius 3 is 2.41 bits per heavy atom. The van der Waals surface area contributed by atoms with Gasteiger partial charge in [0.25, 0.3) is 11.8 Å². The van der Waals surface area contributed by atoms with Crippen LogP contribution in [0.25, 0.3) is 6.08 Å². The van der Waals surface area contributed by atoms with Gasteiger partial charge in [-0.15, -0.1) is 0 Å². The average Bonchev–Trinajstić information content (AvgIpc) is 3.28. The Bertz CT molecular complexity index is 1270. The first-order valence-corrected chi connectivity index (χ1v) is 11.1. The monoisotopic (exact) mass is 497 g/mol. The van der Waals surface area contributed by atoms with Crippen molar-refractivity contribution in [3.8, 4) is 0 Å². The number of thiophene rings is 1. The van der Waals surface area contributed by atoms with Gasteiger partial charge in [-0.2, -0.15) is 5.10 Å². The Morgan fingerprint density at radius 1 is 1.09 bits per heavy atom. The van der Waals surface area contributed by atoms with Crippen molar-refractivity contribution < 1.29 is 14.5 Å². The fourth-order valence-corrected chi connectivity index (χ4v) is 3.67. The van der Waals surface area contributed by atoms with E-state index in [1.165, 1.54) is 24.4 Å². The van der Waals surface area contributed by atoms with E-state index in [0.29, 0.717) is 10.4 Å². The van der Waals surface area contributed by atoms with Crippen molar-refractivity contribution in [2.45, 2.75) is 0 Å². The Hall–Kier alpha value is -4.02. The van der Waals surface area contributed by atoms with Crippen molar-refractivity contribution in [3.05, 3.63) is 97.5 Å². The molecule has 1 heterocycles. The molecule has 0 spiro atoms. The average molecular weight is 498 g/mol. The Morgan fingerprint density at radius 2 is 1.79 bits per heavy atom. The lowest BCUT2D eigenvalue weighted by molar-refractivity contribution is -0.380. The topological polar surface area (TPSA) is 117 Å². The fraction of sp³-hybridized carbons (Fsp3) is 0.0870. The lowest BCUT2D eigenvalue weighted by atomic mass is 10.1. The zero-order chi connectivity index (χ0) is 24.7. The van der Waals surface area contributed by atoms with Crippen LogP contribution in [0.1, 0.15) is 20.8 Å². The molecular formula is C23H20ClN5O4S. The second kappa shape index (κ2) is 11.2. The standard InChI is InChI=1S/C23H20ClN5O4S/c1-28(2)16-9-7-15(8-10-16)13-20(26-22(30)18-5-3-4-6-19(18)24)23(31)27-25-14-17-11-12-21(34-17)29(32)33/h3-14H,1-2H3,(H,26,30)(H,27,31)/b20-13+,25-14+. The van der Waals surface area contributed by atoms with Crippen LogP contribution in [0.4, 0.5) is 10.7 Å². The maximum absolute atomic E-state index is 12.8. The predicted octanol–water partition coefficient (Wildman–Crippen LogP) is 4.30. The first-order chi connectivity index (χ1) is 16.2. The van der Waals surface area contributed by atoms with Crippen LogP contribution in [0, 0.1) is 10.1 Å². The quantitative estimate of drug-likeness (QED) is 0.208. The van der Waals surface area contributed by atoms with Crippen LogP contribution in [0.2, 0.25) is 5.02 Å². The summed E-state index contributed by atoms with van der Waals surface area (Å²) in [6.07, 6.45) is 2.80.